The van der Waals surface area contributed by atoms with Crippen LogP contribution in [0.2, 0.25) is 5.02 Å². The first-order chi connectivity index (χ1) is 14.4. The van der Waals surface area contributed by atoms with E-state index in [1.807, 2.05) is 19.1 Å². The number of nitro groups is 1. The Morgan fingerprint density at radius 3 is 2.77 bits per heavy atom. The molecule has 0 atom stereocenters. The van der Waals surface area contributed by atoms with Gasteiger partial charge in [-0.1, -0.05) is 29.8 Å². The number of nitrogens with zero attached hydrogens (tertiary/aromatic N) is 2. The average Bonchev–Trinajstić information content (AvgIpc) is 3.31. The smallest absolute Gasteiger partial charge is 0.280 e. The zero-order valence-electron chi connectivity index (χ0n) is 15.6. The van der Waals surface area contributed by atoms with E-state index in [9.17, 15) is 14.9 Å². The van der Waals surface area contributed by atoms with E-state index in [4.69, 9.17) is 16.0 Å². The monoisotopic (exact) mass is 439 g/mol. The Morgan fingerprint density at radius 2 is 2.00 bits per heavy atom. The predicted molar refractivity (Wildman–Crippen MR) is 118 cm³/mol. The Balaban J connectivity index is 1.58. The summed E-state index contributed by atoms with van der Waals surface area (Å²) in [5, 5.41) is 14.9. The lowest BCUT2D eigenvalue weighted by Gasteiger charge is -2.00. The summed E-state index contributed by atoms with van der Waals surface area (Å²) in [6.07, 6.45) is 1.57. The van der Waals surface area contributed by atoms with Crippen LogP contribution in [-0.2, 0) is 4.79 Å². The molecule has 1 aromatic heterocycles. The summed E-state index contributed by atoms with van der Waals surface area (Å²) in [5.74, 6) is 0.446. The molecule has 7 nitrogen and oxygen atoms in total. The van der Waals surface area contributed by atoms with Crippen LogP contribution in [0.3, 0.4) is 0 Å². The van der Waals surface area contributed by atoms with E-state index in [-0.39, 0.29) is 11.6 Å². The normalized spacial score (nSPS) is 16.3. The SMILES string of the molecule is Cc1ccc(N=C2NC(=O)/C(=C/c3ccc(-c4ccccc4[N+](=O)[O-])o3)S2)cc1Cl. The molecular formula is C21H14ClN3O4S. The fraction of sp³-hybridized carbons (Fsp3) is 0.0476. The summed E-state index contributed by atoms with van der Waals surface area (Å²) >= 11 is 7.29. The molecule has 1 aliphatic rings. The largest absolute Gasteiger partial charge is 0.456 e. The van der Waals surface area contributed by atoms with Crippen LogP contribution in [0.5, 0.6) is 0 Å². The van der Waals surface area contributed by atoms with E-state index in [2.05, 4.69) is 10.3 Å². The highest BCUT2D eigenvalue weighted by Crippen LogP contribution is 2.33. The van der Waals surface area contributed by atoms with Gasteiger partial charge in [0, 0.05) is 17.2 Å². The van der Waals surface area contributed by atoms with Gasteiger partial charge in [0.15, 0.2) is 5.17 Å². The topological polar surface area (TPSA) is 97.7 Å². The molecule has 30 heavy (non-hydrogen) atoms. The minimum atomic E-state index is -0.462. The van der Waals surface area contributed by atoms with Crippen LogP contribution in [0, 0.1) is 17.0 Å². The number of nitrogens with one attached hydrogen (secondary N) is 1. The van der Waals surface area contributed by atoms with Crippen molar-refractivity contribution in [3.05, 3.63) is 86.0 Å². The third-order valence-corrected chi connectivity index (χ3v) is 5.62. The molecular weight excluding hydrogens is 426 g/mol. The van der Waals surface area contributed by atoms with E-state index < -0.39 is 4.92 Å². The Morgan fingerprint density at radius 1 is 1.20 bits per heavy atom. The average molecular weight is 440 g/mol. The number of carbonyl (C=O) groups excluding carboxylic acids is 1. The molecule has 1 saturated heterocycles. The first kappa shape index (κ1) is 19.9. The molecule has 3 aromatic rings. The molecule has 150 valence electrons. The maximum Gasteiger partial charge on any atom is 0.280 e. The van der Waals surface area contributed by atoms with Crippen LogP contribution in [0.1, 0.15) is 11.3 Å². The molecule has 0 saturated carbocycles. The summed E-state index contributed by atoms with van der Waals surface area (Å²) in [5.41, 5.74) is 1.89. The Bertz CT molecular complexity index is 1230. The maximum absolute atomic E-state index is 12.3. The van der Waals surface area contributed by atoms with Gasteiger partial charge in [-0.2, -0.15) is 0 Å². The van der Waals surface area contributed by atoms with Gasteiger partial charge in [0.2, 0.25) is 0 Å². The van der Waals surface area contributed by atoms with Crippen LogP contribution in [-0.4, -0.2) is 16.0 Å². The Labute approximate surface area is 180 Å². The van der Waals surface area contributed by atoms with Crippen LogP contribution >= 0.6 is 23.4 Å². The van der Waals surface area contributed by atoms with Gasteiger partial charge in [-0.25, -0.2) is 4.99 Å². The highest BCUT2D eigenvalue weighted by Gasteiger charge is 2.25. The molecule has 0 aliphatic carbocycles. The number of furan rings is 1. The van der Waals surface area contributed by atoms with Crippen LogP contribution in [0.25, 0.3) is 17.4 Å². The highest BCUT2D eigenvalue weighted by molar-refractivity contribution is 8.18. The standard InChI is InChI=1S/C21H14ClN3O4S/c1-12-6-7-13(10-16(12)22)23-21-24-20(26)19(30-21)11-14-8-9-18(29-14)15-4-2-3-5-17(15)25(27)28/h2-11H,1H3,(H,23,24,26)/b19-11-. The number of halogens is 1. The van der Waals surface area contributed by atoms with Crippen molar-refractivity contribution in [2.75, 3.05) is 0 Å². The summed E-state index contributed by atoms with van der Waals surface area (Å²) in [6.45, 7) is 1.90. The molecule has 1 fully saturated rings. The van der Waals surface area contributed by atoms with Gasteiger partial charge in [-0.15, -0.1) is 0 Å². The molecule has 9 heteroatoms. The van der Waals surface area contributed by atoms with Gasteiger partial charge < -0.3 is 9.73 Å². The molecule has 0 bridgehead atoms. The lowest BCUT2D eigenvalue weighted by atomic mass is 10.1. The van der Waals surface area contributed by atoms with E-state index in [1.54, 1.807) is 42.5 Å². The Hall–Kier alpha value is -3.36. The summed E-state index contributed by atoms with van der Waals surface area (Å²) in [4.78, 5) is 27.8. The third kappa shape index (κ3) is 4.14. The lowest BCUT2D eigenvalue weighted by Crippen LogP contribution is -2.19. The van der Waals surface area contributed by atoms with E-state index in [0.29, 0.717) is 37.9 Å². The van der Waals surface area contributed by atoms with Gasteiger partial charge in [-0.05, 0) is 54.6 Å². The molecule has 0 radical (unpaired) electrons. The van der Waals surface area contributed by atoms with Gasteiger partial charge >= 0.3 is 0 Å². The van der Waals surface area contributed by atoms with Crippen molar-refractivity contribution in [1.29, 1.82) is 0 Å². The van der Waals surface area contributed by atoms with Crippen molar-refractivity contribution in [3.8, 4) is 11.3 Å². The predicted octanol–water partition coefficient (Wildman–Crippen LogP) is 5.71. The van der Waals surface area contributed by atoms with Crippen LogP contribution < -0.4 is 5.32 Å². The maximum atomic E-state index is 12.3. The number of benzene rings is 2. The summed E-state index contributed by atoms with van der Waals surface area (Å²) in [7, 11) is 0. The minimum Gasteiger partial charge on any atom is -0.456 e. The molecule has 4 rings (SSSR count). The zero-order chi connectivity index (χ0) is 21.3. The fourth-order valence-electron chi connectivity index (χ4n) is 2.79. The summed E-state index contributed by atoms with van der Waals surface area (Å²) in [6, 6.07) is 15.0. The molecule has 1 amide bonds. The number of rotatable bonds is 4. The minimum absolute atomic E-state index is 0.0507. The second-order valence-corrected chi connectivity index (χ2v) is 7.83. The number of carbonyl (C=O) groups is 1. The van der Waals surface area contributed by atoms with E-state index in [0.717, 1.165) is 5.56 Å². The number of para-hydroxylation sites is 1. The van der Waals surface area contributed by atoms with Crippen molar-refractivity contribution in [3.63, 3.8) is 0 Å². The molecule has 1 aliphatic heterocycles. The van der Waals surface area contributed by atoms with Crippen molar-refractivity contribution >= 4 is 51.9 Å². The fourth-order valence-corrected chi connectivity index (χ4v) is 3.79. The second-order valence-electron chi connectivity index (χ2n) is 6.39. The number of thioether (sulfide) groups is 1. The van der Waals surface area contributed by atoms with Crippen molar-refractivity contribution in [1.82, 2.24) is 5.32 Å². The number of nitro benzene ring substituents is 1. The van der Waals surface area contributed by atoms with Gasteiger partial charge in [0.25, 0.3) is 11.6 Å². The number of amidine groups is 1. The highest BCUT2D eigenvalue weighted by atomic mass is 35.5. The third-order valence-electron chi connectivity index (χ3n) is 4.30. The van der Waals surface area contributed by atoms with Crippen LogP contribution in [0.15, 0.2) is 68.9 Å². The van der Waals surface area contributed by atoms with E-state index >= 15 is 0 Å². The van der Waals surface area contributed by atoms with Gasteiger partial charge in [0.1, 0.15) is 11.5 Å². The first-order valence-corrected chi connectivity index (χ1v) is 9.99. The number of aryl methyl sites for hydroxylation is 1. The molecule has 2 aromatic carbocycles. The second kappa shape index (κ2) is 8.17. The quantitative estimate of drug-likeness (QED) is 0.319. The first-order valence-electron chi connectivity index (χ1n) is 8.80. The summed E-state index contributed by atoms with van der Waals surface area (Å²) < 4.78 is 5.72. The van der Waals surface area contributed by atoms with Crippen molar-refractivity contribution in [2.45, 2.75) is 6.92 Å². The molecule has 1 N–H and O–H groups in total. The Kier molecular flexibility index (Phi) is 5.43. The van der Waals surface area contributed by atoms with Crippen LogP contribution in [0.4, 0.5) is 11.4 Å². The number of hydrogen-bond donors (Lipinski definition) is 1. The van der Waals surface area contributed by atoms with Crippen molar-refractivity contribution < 1.29 is 14.1 Å². The zero-order valence-corrected chi connectivity index (χ0v) is 17.2. The van der Waals surface area contributed by atoms with Gasteiger partial charge in [-0.3, -0.25) is 14.9 Å². The van der Waals surface area contributed by atoms with Crippen molar-refractivity contribution in [2.24, 2.45) is 4.99 Å². The van der Waals surface area contributed by atoms with Gasteiger partial charge in [0.05, 0.1) is 21.1 Å². The van der Waals surface area contributed by atoms with E-state index in [1.165, 1.54) is 17.8 Å². The lowest BCUT2D eigenvalue weighted by molar-refractivity contribution is -0.384. The molecule has 2 heterocycles. The number of amides is 1. The number of hydrogen-bond acceptors (Lipinski definition) is 6. The molecule has 0 unspecified atom stereocenters. The number of aliphatic imine (C=N–C) groups is 1. The molecule has 0 spiro atoms.